The Kier molecular flexibility index (Phi) is 4.23. The van der Waals surface area contributed by atoms with Gasteiger partial charge in [0, 0.05) is 25.5 Å². The normalized spacial score (nSPS) is 12.3. The van der Waals surface area contributed by atoms with Crippen molar-refractivity contribution >= 4 is 21.4 Å². The number of hydrazine groups is 1. The van der Waals surface area contributed by atoms with Crippen LogP contribution in [0.1, 0.15) is 4.88 Å². The third-order valence-corrected chi connectivity index (χ3v) is 4.25. The summed E-state index contributed by atoms with van der Waals surface area (Å²) < 4.78 is 23.7. The average molecular weight is 249 g/mol. The number of hydrogen-bond donors (Lipinski definition) is 2. The topological polar surface area (TPSA) is 61.4 Å². The van der Waals surface area contributed by atoms with Crippen LogP contribution in [-0.4, -0.2) is 34.6 Å². The Morgan fingerprint density at radius 2 is 2.13 bits per heavy atom. The Bertz CT molecular complexity index is 411. The Morgan fingerprint density at radius 1 is 1.47 bits per heavy atom. The number of nitrogens with one attached hydrogen (secondary N) is 2. The first-order valence-corrected chi connectivity index (χ1v) is 6.74. The van der Waals surface area contributed by atoms with Crippen molar-refractivity contribution in [2.45, 2.75) is 11.4 Å². The first-order valence-electron chi connectivity index (χ1n) is 4.38. The number of hydrogen-bond acceptors (Lipinski definition) is 5. The standard InChI is InChI=1S/C8H15N3O2S2/c1-9-6-7-8(4-5-14-7)15(12,13)10-11(2)3/h4-5,9-10H,6H2,1-3H3. The predicted octanol–water partition coefficient (Wildman–Crippen LogP) is 0.222. The lowest BCUT2D eigenvalue weighted by Gasteiger charge is -2.12. The van der Waals surface area contributed by atoms with Gasteiger partial charge in [0.1, 0.15) is 0 Å². The van der Waals surface area contributed by atoms with Gasteiger partial charge >= 0.3 is 0 Å². The van der Waals surface area contributed by atoms with Crippen molar-refractivity contribution in [2.24, 2.45) is 0 Å². The average Bonchev–Trinajstić information content (AvgIpc) is 2.51. The summed E-state index contributed by atoms with van der Waals surface area (Å²) >= 11 is 1.43. The molecule has 0 bridgehead atoms. The molecule has 1 aromatic heterocycles. The molecule has 2 N–H and O–H groups in total. The lowest BCUT2D eigenvalue weighted by Crippen LogP contribution is -2.36. The smallest absolute Gasteiger partial charge is 0.254 e. The Labute approximate surface area is 94.1 Å². The second-order valence-corrected chi connectivity index (χ2v) is 5.86. The van der Waals surface area contributed by atoms with Crippen LogP contribution in [0.4, 0.5) is 0 Å². The van der Waals surface area contributed by atoms with Crippen LogP contribution in [0.5, 0.6) is 0 Å². The predicted molar refractivity (Wildman–Crippen MR) is 61.1 cm³/mol. The molecule has 0 spiro atoms. The van der Waals surface area contributed by atoms with Crippen molar-refractivity contribution in [2.75, 3.05) is 21.1 Å². The molecule has 0 aliphatic rings. The van der Waals surface area contributed by atoms with Crippen molar-refractivity contribution in [1.29, 1.82) is 0 Å². The summed E-state index contributed by atoms with van der Waals surface area (Å²) in [5.41, 5.74) is 0. The van der Waals surface area contributed by atoms with Gasteiger partial charge in [-0.1, -0.05) is 0 Å². The number of nitrogens with zero attached hydrogens (tertiary/aromatic N) is 1. The molecule has 1 heterocycles. The third-order valence-electron chi connectivity index (χ3n) is 1.63. The van der Waals surface area contributed by atoms with Gasteiger partial charge < -0.3 is 5.32 Å². The second-order valence-electron chi connectivity index (χ2n) is 3.23. The van der Waals surface area contributed by atoms with Crippen molar-refractivity contribution in [3.8, 4) is 0 Å². The molecule has 0 saturated heterocycles. The summed E-state index contributed by atoms with van der Waals surface area (Å²) in [4.78, 5) is 3.56. The molecule has 15 heavy (non-hydrogen) atoms. The molecule has 1 aromatic rings. The number of sulfonamides is 1. The van der Waals surface area contributed by atoms with Crippen molar-refractivity contribution < 1.29 is 8.42 Å². The van der Waals surface area contributed by atoms with E-state index in [4.69, 9.17) is 0 Å². The fourth-order valence-corrected chi connectivity index (χ4v) is 3.69. The fourth-order valence-electron chi connectivity index (χ4n) is 1.15. The first-order chi connectivity index (χ1) is 6.97. The highest BCUT2D eigenvalue weighted by Gasteiger charge is 2.19. The summed E-state index contributed by atoms with van der Waals surface area (Å²) in [5, 5.41) is 6.13. The largest absolute Gasteiger partial charge is 0.315 e. The maximum absolute atomic E-state index is 11.8. The van der Waals surface area contributed by atoms with Crippen LogP contribution in [0.25, 0.3) is 0 Å². The van der Waals surface area contributed by atoms with Gasteiger partial charge in [0.25, 0.3) is 10.0 Å². The highest BCUT2D eigenvalue weighted by molar-refractivity contribution is 7.89. The third kappa shape index (κ3) is 3.25. The van der Waals surface area contributed by atoms with E-state index >= 15 is 0 Å². The lowest BCUT2D eigenvalue weighted by atomic mass is 10.5. The van der Waals surface area contributed by atoms with Gasteiger partial charge in [-0.2, -0.15) is 0 Å². The zero-order valence-electron chi connectivity index (χ0n) is 8.94. The summed E-state index contributed by atoms with van der Waals surface area (Å²) in [6.07, 6.45) is 0. The van der Waals surface area contributed by atoms with Gasteiger partial charge in [-0.15, -0.1) is 16.2 Å². The van der Waals surface area contributed by atoms with Gasteiger partial charge in [0.2, 0.25) is 0 Å². The molecule has 7 heteroatoms. The van der Waals surface area contributed by atoms with E-state index in [0.29, 0.717) is 11.4 Å². The number of rotatable bonds is 5. The zero-order valence-corrected chi connectivity index (χ0v) is 10.6. The van der Waals surface area contributed by atoms with E-state index in [0.717, 1.165) is 4.88 Å². The van der Waals surface area contributed by atoms with Crippen LogP contribution in [0, 0.1) is 0 Å². The minimum absolute atomic E-state index is 0.343. The van der Waals surface area contributed by atoms with E-state index in [9.17, 15) is 8.42 Å². The van der Waals surface area contributed by atoms with E-state index < -0.39 is 10.0 Å². The maximum atomic E-state index is 11.8. The van der Waals surface area contributed by atoms with E-state index in [1.54, 1.807) is 32.6 Å². The molecule has 0 aliphatic heterocycles. The molecule has 0 aromatic carbocycles. The molecule has 0 atom stereocenters. The van der Waals surface area contributed by atoms with Crippen LogP contribution in [0.15, 0.2) is 16.3 Å². The fraction of sp³-hybridized carbons (Fsp3) is 0.500. The van der Waals surface area contributed by atoms with Gasteiger partial charge in [-0.05, 0) is 18.5 Å². The van der Waals surface area contributed by atoms with Gasteiger partial charge in [0.15, 0.2) is 0 Å². The van der Waals surface area contributed by atoms with E-state index in [1.807, 2.05) is 0 Å². The number of thiophene rings is 1. The SMILES string of the molecule is CNCc1sccc1S(=O)(=O)NN(C)C. The molecule has 0 unspecified atom stereocenters. The molecule has 0 amide bonds. The van der Waals surface area contributed by atoms with E-state index in [-0.39, 0.29) is 0 Å². The quantitative estimate of drug-likeness (QED) is 0.733. The van der Waals surface area contributed by atoms with Crippen LogP contribution < -0.4 is 10.1 Å². The second kappa shape index (κ2) is 5.04. The summed E-state index contributed by atoms with van der Waals surface area (Å²) in [7, 11) is 1.65. The summed E-state index contributed by atoms with van der Waals surface area (Å²) in [6, 6.07) is 1.61. The molecule has 0 radical (unpaired) electrons. The van der Waals surface area contributed by atoms with Gasteiger partial charge in [-0.3, -0.25) is 0 Å². The van der Waals surface area contributed by atoms with E-state index in [1.165, 1.54) is 16.3 Å². The minimum Gasteiger partial charge on any atom is -0.315 e. The molecule has 0 fully saturated rings. The van der Waals surface area contributed by atoms with Crippen molar-refractivity contribution in [3.63, 3.8) is 0 Å². The van der Waals surface area contributed by atoms with Crippen LogP contribution in [-0.2, 0) is 16.6 Å². The monoisotopic (exact) mass is 249 g/mol. The molecule has 0 saturated carbocycles. The van der Waals surface area contributed by atoms with Gasteiger partial charge in [0.05, 0.1) is 4.90 Å². The minimum atomic E-state index is -3.42. The molecule has 0 aliphatic carbocycles. The van der Waals surface area contributed by atoms with Crippen LogP contribution in [0.2, 0.25) is 0 Å². The summed E-state index contributed by atoms with van der Waals surface area (Å²) in [5.74, 6) is 0. The molecule has 5 nitrogen and oxygen atoms in total. The first kappa shape index (κ1) is 12.6. The van der Waals surface area contributed by atoms with Crippen LogP contribution >= 0.6 is 11.3 Å². The molecule has 86 valence electrons. The Morgan fingerprint density at radius 3 is 2.67 bits per heavy atom. The Balaban J connectivity index is 2.99. The molecule has 1 rings (SSSR count). The highest BCUT2D eigenvalue weighted by atomic mass is 32.2. The van der Waals surface area contributed by atoms with Crippen molar-refractivity contribution in [1.82, 2.24) is 15.2 Å². The van der Waals surface area contributed by atoms with E-state index in [2.05, 4.69) is 10.1 Å². The lowest BCUT2D eigenvalue weighted by molar-refractivity contribution is 0.364. The highest BCUT2D eigenvalue weighted by Crippen LogP contribution is 2.21. The van der Waals surface area contributed by atoms with Crippen molar-refractivity contribution in [3.05, 3.63) is 16.3 Å². The Hall–Kier alpha value is -0.470. The maximum Gasteiger partial charge on any atom is 0.254 e. The zero-order chi connectivity index (χ0) is 11.5. The molecular weight excluding hydrogens is 234 g/mol. The van der Waals surface area contributed by atoms with Crippen LogP contribution in [0.3, 0.4) is 0 Å². The molecular formula is C8H15N3O2S2. The van der Waals surface area contributed by atoms with Gasteiger partial charge in [-0.25, -0.2) is 13.4 Å². The summed E-state index contributed by atoms with van der Waals surface area (Å²) in [6.45, 7) is 0.557.